The van der Waals surface area contributed by atoms with Crippen LogP contribution >= 0.6 is 15.9 Å². The molecule has 0 saturated carbocycles. The minimum atomic E-state index is -0.0458. The third kappa shape index (κ3) is 3.03. The molecule has 3 N–H and O–H groups in total. The quantitative estimate of drug-likeness (QED) is 0.501. The summed E-state index contributed by atoms with van der Waals surface area (Å²) in [4.78, 5) is 27.1. The molecule has 3 aromatic heterocycles. The molecule has 0 unspecified atom stereocenters. The maximum Gasteiger partial charge on any atom is 0.224 e. The van der Waals surface area contributed by atoms with Gasteiger partial charge in [-0.2, -0.15) is 0 Å². The highest BCUT2D eigenvalue weighted by molar-refractivity contribution is 9.10. The summed E-state index contributed by atoms with van der Waals surface area (Å²) in [5.41, 5.74) is 3.30. The Hall–Kier alpha value is -2.67. The van der Waals surface area contributed by atoms with E-state index in [2.05, 4.69) is 41.2 Å². The number of hydrogen-bond acceptors (Lipinski definition) is 3. The number of anilines is 1. The number of fused-ring (bicyclic) bond motifs is 2. The second kappa shape index (κ2) is 6.09. The molecular formula is C17H14BrN5O. The van der Waals surface area contributed by atoms with Gasteiger partial charge >= 0.3 is 0 Å². The first-order valence-corrected chi connectivity index (χ1v) is 8.34. The Morgan fingerprint density at radius 2 is 2.12 bits per heavy atom. The number of pyridine rings is 1. The summed E-state index contributed by atoms with van der Waals surface area (Å²) in [5.74, 6) is 0.709. The summed E-state index contributed by atoms with van der Waals surface area (Å²) in [5, 5.41) is 4.03. The molecule has 24 heavy (non-hydrogen) atoms. The van der Waals surface area contributed by atoms with E-state index in [4.69, 9.17) is 0 Å². The fourth-order valence-corrected chi connectivity index (χ4v) is 2.96. The summed E-state index contributed by atoms with van der Waals surface area (Å²) in [6, 6.07) is 9.72. The molecule has 120 valence electrons. The minimum Gasteiger partial charge on any atom is -0.361 e. The molecule has 1 aromatic carbocycles. The minimum absolute atomic E-state index is 0.0458. The monoisotopic (exact) mass is 383 g/mol. The van der Waals surface area contributed by atoms with Crippen molar-refractivity contribution in [3.8, 4) is 0 Å². The number of amides is 1. The number of carbonyl (C=O) groups is 1. The summed E-state index contributed by atoms with van der Waals surface area (Å²) in [6.07, 6.45) is 4.47. The van der Waals surface area contributed by atoms with Crippen molar-refractivity contribution >= 4 is 49.6 Å². The van der Waals surface area contributed by atoms with Gasteiger partial charge in [0.25, 0.3) is 0 Å². The highest BCUT2D eigenvalue weighted by Gasteiger charge is 2.08. The Morgan fingerprint density at radius 1 is 1.21 bits per heavy atom. The molecule has 0 radical (unpaired) electrons. The van der Waals surface area contributed by atoms with Crippen molar-refractivity contribution in [2.75, 3.05) is 5.32 Å². The predicted molar refractivity (Wildman–Crippen MR) is 96.8 cm³/mol. The van der Waals surface area contributed by atoms with Crippen LogP contribution in [0, 0.1) is 0 Å². The van der Waals surface area contributed by atoms with Gasteiger partial charge in [0.1, 0.15) is 5.82 Å². The number of H-pyrrole nitrogens is 2. The van der Waals surface area contributed by atoms with Gasteiger partial charge in [0.2, 0.25) is 5.91 Å². The molecule has 0 fully saturated rings. The van der Waals surface area contributed by atoms with E-state index in [9.17, 15) is 4.79 Å². The lowest BCUT2D eigenvalue weighted by Gasteiger charge is -2.04. The lowest BCUT2D eigenvalue weighted by atomic mass is 10.2. The lowest BCUT2D eigenvalue weighted by Crippen LogP contribution is -2.12. The molecule has 0 spiro atoms. The first kappa shape index (κ1) is 14.9. The maximum absolute atomic E-state index is 12.1. The van der Waals surface area contributed by atoms with Gasteiger partial charge in [0, 0.05) is 40.9 Å². The second-order valence-electron chi connectivity index (χ2n) is 5.54. The van der Waals surface area contributed by atoms with Crippen LogP contribution in [0.15, 0.2) is 47.2 Å². The first-order valence-electron chi connectivity index (χ1n) is 7.54. The Bertz CT molecular complexity index is 1040. The van der Waals surface area contributed by atoms with Crippen LogP contribution in [0.4, 0.5) is 5.69 Å². The van der Waals surface area contributed by atoms with Crippen molar-refractivity contribution in [3.63, 3.8) is 0 Å². The molecule has 4 aromatic rings. The van der Waals surface area contributed by atoms with Crippen LogP contribution < -0.4 is 5.32 Å². The number of aromatic amines is 2. The molecule has 0 aliphatic rings. The van der Waals surface area contributed by atoms with Gasteiger partial charge in [-0.1, -0.05) is 6.07 Å². The number of imidazole rings is 1. The summed E-state index contributed by atoms with van der Waals surface area (Å²) >= 11 is 3.38. The molecule has 1 amide bonds. The van der Waals surface area contributed by atoms with E-state index in [-0.39, 0.29) is 5.91 Å². The van der Waals surface area contributed by atoms with Crippen LogP contribution in [0.1, 0.15) is 12.2 Å². The van der Waals surface area contributed by atoms with Crippen molar-refractivity contribution in [2.45, 2.75) is 12.8 Å². The van der Waals surface area contributed by atoms with Gasteiger partial charge in [-0.3, -0.25) is 4.79 Å². The zero-order chi connectivity index (χ0) is 16.5. The fourth-order valence-electron chi connectivity index (χ4n) is 2.62. The van der Waals surface area contributed by atoms with Crippen LogP contribution in [0.25, 0.3) is 22.1 Å². The molecule has 0 aliphatic carbocycles. The zero-order valence-electron chi connectivity index (χ0n) is 12.6. The largest absolute Gasteiger partial charge is 0.361 e. The van der Waals surface area contributed by atoms with Gasteiger partial charge in [0.05, 0.1) is 5.52 Å². The Morgan fingerprint density at radius 3 is 3.04 bits per heavy atom. The van der Waals surface area contributed by atoms with E-state index >= 15 is 0 Å². The predicted octanol–water partition coefficient (Wildman–Crippen LogP) is 3.77. The standard InChI is InChI=1S/C17H14BrN5O/c18-11-7-14-17(20-9-11)23-15(22-14)3-4-16(24)21-12-2-1-10-5-6-19-13(10)8-12/h1-2,5-9,19H,3-4H2,(H,21,24)(H,20,22,23). The lowest BCUT2D eigenvalue weighted by molar-refractivity contribution is -0.116. The Balaban J connectivity index is 1.41. The summed E-state index contributed by atoms with van der Waals surface area (Å²) < 4.78 is 0.891. The van der Waals surface area contributed by atoms with E-state index in [1.54, 1.807) is 6.20 Å². The average molecular weight is 384 g/mol. The average Bonchev–Trinajstić information content (AvgIpc) is 3.18. The van der Waals surface area contributed by atoms with Crippen molar-refractivity contribution in [1.82, 2.24) is 19.9 Å². The molecule has 4 rings (SSSR count). The van der Waals surface area contributed by atoms with Crippen molar-refractivity contribution in [1.29, 1.82) is 0 Å². The second-order valence-corrected chi connectivity index (χ2v) is 6.45. The number of aromatic nitrogens is 4. The number of nitrogens with zero attached hydrogens (tertiary/aromatic N) is 2. The van der Waals surface area contributed by atoms with Crippen molar-refractivity contribution < 1.29 is 4.79 Å². The molecule has 6 nitrogen and oxygen atoms in total. The number of nitrogens with one attached hydrogen (secondary N) is 3. The molecule has 0 aliphatic heterocycles. The van der Waals surface area contributed by atoms with Crippen LogP contribution in [-0.2, 0) is 11.2 Å². The van der Waals surface area contributed by atoms with Gasteiger partial charge in [-0.25, -0.2) is 9.97 Å². The van der Waals surface area contributed by atoms with Crippen molar-refractivity contribution in [3.05, 3.63) is 53.0 Å². The molecule has 3 heterocycles. The smallest absolute Gasteiger partial charge is 0.224 e. The molecule has 0 atom stereocenters. The van der Waals surface area contributed by atoms with E-state index in [0.717, 1.165) is 32.4 Å². The number of rotatable bonds is 4. The highest BCUT2D eigenvalue weighted by atomic mass is 79.9. The third-order valence-corrected chi connectivity index (χ3v) is 4.21. The maximum atomic E-state index is 12.1. The van der Waals surface area contributed by atoms with E-state index in [0.29, 0.717) is 18.5 Å². The normalized spacial score (nSPS) is 11.2. The molecular weight excluding hydrogens is 370 g/mol. The molecule has 0 bridgehead atoms. The van der Waals surface area contributed by atoms with Gasteiger partial charge in [-0.15, -0.1) is 0 Å². The number of carbonyl (C=O) groups excluding carboxylic acids is 1. The van der Waals surface area contributed by atoms with Gasteiger partial charge in [-0.05, 0) is 45.6 Å². The number of benzene rings is 1. The molecule has 0 saturated heterocycles. The van der Waals surface area contributed by atoms with Crippen LogP contribution in [0.2, 0.25) is 0 Å². The Kier molecular flexibility index (Phi) is 3.78. The summed E-state index contributed by atoms with van der Waals surface area (Å²) in [6.45, 7) is 0. The fraction of sp³-hybridized carbons (Fsp3) is 0.118. The number of hydrogen-bond donors (Lipinski definition) is 3. The van der Waals surface area contributed by atoms with Crippen LogP contribution in [-0.4, -0.2) is 25.8 Å². The highest BCUT2D eigenvalue weighted by Crippen LogP contribution is 2.18. The number of aryl methyl sites for hydroxylation is 1. The first-order chi connectivity index (χ1) is 11.7. The van der Waals surface area contributed by atoms with E-state index in [1.807, 2.05) is 36.5 Å². The molecule has 7 heteroatoms. The SMILES string of the molecule is O=C(CCc1nc2ncc(Br)cc2[nH]1)Nc1ccc2cc[nH]c2c1. The summed E-state index contributed by atoms with van der Waals surface area (Å²) in [7, 11) is 0. The number of halogens is 1. The van der Waals surface area contributed by atoms with Crippen LogP contribution in [0.3, 0.4) is 0 Å². The third-order valence-electron chi connectivity index (χ3n) is 3.78. The van der Waals surface area contributed by atoms with E-state index in [1.165, 1.54) is 0 Å². The zero-order valence-corrected chi connectivity index (χ0v) is 14.2. The topological polar surface area (TPSA) is 86.5 Å². The van der Waals surface area contributed by atoms with Gasteiger partial charge < -0.3 is 15.3 Å². The van der Waals surface area contributed by atoms with Crippen molar-refractivity contribution in [2.24, 2.45) is 0 Å². The van der Waals surface area contributed by atoms with Gasteiger partial charge in [0.15, 0.2) is 5.65 Å². The Labute approximate surface area is 145 Å². The van der Waals surface area contributed by atoms with E-state index < -0.39 is 0 Å². The van der Waals surface area contributed by atoms with Crippen LogP contribution in [0.5, 0.6) is 0 Å².